The second kappa shape index (κ2) is 7.50. The van der Waals surface area contributed by atoms with Crippen LogP contribution in [0.5, 0.6) is 0 Å². The number of benzene rings is 1. The normalized spacial score (nSPS) is 20.8. The number of nitro groups is 1. The molecule has 1 saturated heterocycles. The van der Waals surface area contributed by atoms with Gasteiger partial charge in [-0.15, -0.1) is 0 Å². The quantitative estimate of drug-likeness (QED) is 0.576. The summed E-state index contributed by atoms with van der Waals surface area (Å²) >= 11 is 0. The summed E-state index contributed by atoms with van der Waals surface area (Å²) in [5, 5.41) is 24.5. The summed E-state index contributed by atoms with van der Waals surface area (Å²) in [5.41, 5.74) is -0.890. The molecular weight excluding hydrogens is 358 g/mol. The number of rotatable bonds is 6. The highest BCUT2D eigenvalue weighted by Crippen LogP contribution is 2.34. The van der Waals surface area contributed by atoms with Crippen LogP contribution >= 0.6 is 0 Å². The summed E-state index contributed by atoms with van der Waals surface area (Å²) in [7, 11) is -3.74. The minimum Gasteiger partial charge on any atom is -0.388 e. The lowest BCUT2D eigenvalue weighted by Crippen LogP contribution is -2.43. The highest BCUT2D eigenvalue weighted by molar-refractivity contribution is 7.89. The third kappa shape index (κ3) is 3.99. The van der Waals surface area contributed by atoms with Gasteiger partial charge in [-0.05, 0) is 44.2 Å². The van der Waals surface area contributed by atoms with Crippen molar-refractivity contribution in [3.8, 4) is 0 Å². The number of anilines is 1. The second-order valence-electron chi connectivity index (χ2n) is 7.19. The van der Waals surface area contributed by atoms with E-state index in [0.29, 0.717) is 25.9 Å². The van der Waals surface area contributed by atoms with E-state index >= 15 is 0 Å². The van der Waals surface area contributed by atoms with Crippen LogP contribution in [0, 0.1) is 10.1 Å². The van der Waals surface area contributed by atoms with Crippen LogP contribution in [0.3, 0.4) is 0 Å². The number of aliphatic hydroxyl groups is 1. The topological polar surface area (TPSA) is 113 Å². The van der Waals surface area contributed by atoms with Crippen molar-refractivity contribution in [2.24, 2.45) is 0 Å². The summed E-state index contributed by atoms with van der Waals surface area (Å²) in [4.78, 5) is 10.8. The highest BCUT2D eigenvalue weighted by atomic mass is 32.2. The van der Waals surface area contributed by atoms with E-state index in [9.17, 15) is 23.6 Å². The van der Waals surface area contributed by atoms with Gasteiger partial charge in [0.15, 0.2) is 0 Å². The zero-order valence-corrected chi connectivity index (χ0v) is 15.5. The molecule has 1 saturated carbocycles. The molecule has 8 nitrogen and oxygen atoms in total. The van der Waals surface area contributed by atoms with E-state index in [1.807, 2.05) is 0 Å². The number of nitrogens with zero attached hydrogens (tertiary/aromatic N) is 2. The minimum atomic E-state index is -3.74. The molecule has 26 heavy (non-hydrogen) atoms. The highest BCUT2D eigenvalue weighted by Gasteiger charge is 2.35. The summed E-state index contributed by atoms with van der Waals surface area (Å²) in [5.74, 6) is 0. The lowest BCUT2D eigenvalue weighted by atomic mass is 9.80. The molecule has 0 aromatic heterocycles. The van der Waals surface area contributed by atoms with Crippen LogP contribution in [-0.4, -0.2) is 48.0 Å². The third-order valence-electron chi connectivity index (χ3n) is 5.26. The van der Waals surface area contributed by atoms with Gasteiger partial charge in [0, 0.05) is 25.7 Å². The lowest BCUT2D eigenvalue weighted by Gasteiger charge is -2.36. The molecule has 3 rings (SSSR count). The standard InChI is InChI=1S/C17H25N3O5S/c21-17(8-5-9-17)13-18-15-7-6-14(12-16(15)20(22)23)26(24,25)19-10-3-1-2-4-11-19/h6-7,12,18,21H,1-5,8-11,13H2. The Morgan fingerprint density at radius 3 is 2.35 bits per heavy atom. The minimum absolute atomic E-state index is 0.0565. The molecule has 1 aliphatic heterocycles. The maximum Gasteiger partial charge on any atom is 0.293 e. The Morgan fingerprint density at radius 1 is 1.15 bits per heavy atom. The van der Waals surface area contributed by atoms with Crippen LogP contribution < -0.4 is 5.32 Å². The molecule has 0 atom stereocenters. The molecule has 0 amide bonds. The third-order valence-corrected chi connectivity index (χ3v) is 7.16. The molecule has 2 aliphatic rings. The van der Waals surface area contributed by atoms with Crippen molar-refractivity contribution in [2.45, 2.75) is 55.4 Å². The van der Waals surface area contributed by atoms with Gasteiger partial charge in [0.2, 0.25) is 10.0 Å². The van der Waals surface area contributed by atoms with Crippen LogP contribution in [-0.2, 0) is 10.0 Å². The predicted octanol–water partition coefficient (Wildman–Crippen LogP) is 2.49. The van der Waals surface area contributed by atoms with Crippen LogP contribution in [0.2, 0.25) is 0 Å². The van der Waals surface area contributed by atoms with Crippen molar-refractivity contribution in [1.29, 1.82) is 0 Å². The van der Waals surface area contributed by atoms with Crippen LogP contribution in [0.15, 0.2) is 23.1 Å². The van der Waals surface area contributed by atoms with Crippen molar-refractivity contribution < 1.29 is 18.4 Å². The molecule has 0 unspecified atom stereocenters. The molecular formula is C17H25N3O5S. The maximum absolute atomic E-state index is 12.8. The van der Waals surface area contributed by atoms with Gasteiger partial charge in [0.25, 0.3) is 5.69 Å². The molecule has 0 bridgehead atoms. The molecule has 0 spiro atoms. The Labute approximate surface area is 153 Å². The van der Waals surface area contributed by atoms with Crippen molar-refractivity contribution >= 4 is 21.4 Å². The zero-order valence-electron chi connectivity index (χ0n) is 14.7. The largest absolute Gasteiger partial charge is 0.388 e. The van der Waals surface area contributed by atoms with Gasteiger partial charge in [-0.25, -0.2) is 8.42 Å². The number of nitro benzene ring substituents is 1. The van der Waals surface area contributed by atoms with E-state index < -0.39 is 20.5 Å². The predicted molar refractivity (Wildman–Crippen MR) is 97.6 cm³/mol. The van der Waals surface area contributed by atoms with E-state index in [0.717, 1.165) is 38.2 Å². The summed E-state index contributed by atoms with van der Waals surface area (Å²) in [6.07, 6.45) is 5.87. The smallest absolute Gasteiger partial charge is 0.293 e. The average molecular weight is 383 g/mol. The summed E-state index contributed by atoms with van der Waals surface area (Å²) in [6, 6.07) is 3.94. The number of nitrogens with one attached hydrogen (secondary N) is 1. The van der Waals surface area contributed by atoms with Gasteiger partial charge in [0.05, 0.1) is 15.4 Å². The Morgan fingerprint density at radius 2 is 1.81 bits per heavy atom. The van der Waals surface area contributed by atoms with Gasteiger partial charge in [-0.2, -0.15) is 4.31 Å². The molecule has 1 aromatic rings. The molecule has 1 heterocycles. The first-order valence-electron chi connectivity index (χ1n) is 9.07. The van der Waals surface area contributed by atoms with Gasteiger partial charge >= 0.3 is 0 Å². The Bertz CT molecular complexity index is 769. The summed E-state index contributed by atoms with van der Waals surface area (Å²) in [6.45, 7) is 1.11. The fourth-order valence-electron chi connectivity index (χ4n) is 3.42. The van der Waals surface area contributed by atoms with Gasteiger partial charge in [-0.1, -0.05) is 12.8 Å². The maximum atomic E-state index is 12.8. The fourth-order valence-corrected chi connectivity index (χ4v) is 4.96. The van der Waals surface area contributed by atoms with Gasteiger partial charge in [0.1, 0.15) is 5.69 Å². The van der Waals surface area contributed by atoms with Crippen LogP contribution in [0.4, 0.5) is 11.4 Å². The number of sulfonamides is 1. The SMILES string of the molecule is O=[N+]([O-])c1cc(S(=O)(=O)N2CCCCCC2)ccc1NCC1(O)CCC1. The monoisotopic (exact) mass is 383 g/mol. The van der Waals surface area contributed by atoms with Crippen LogP contribution in [0.25, 0.3) is 0 Å². The van der Waals surface area contributed by atoms with E-state index in [1.54, 1.807) is 0 Å². The molecule has 144 valence electrons. The van der Waals surface area contributed by atoms with Crippen molar-refractivity contribution in [2.75, 3.05) is 25.0 Å². The van der Waals surface area contributed by atoms with E-state index in [1.165, 1.54) is 16.4 Å². The van der Waals surface area contributed by atoms with Crippen LogP contribution in [0.1, 0.15) is 44.9 Å². The van der Waals surface area contributed by atoms with E-state index in [4.69, 9.17) is 0 Å². The van der Waals surface area contributed by atoms with Crippen molar-refractivity contribution in [3.63, 3.8) is 0 Å². The number of hydrogen-bond acceptors (Lipinski definition) is 6. The molecule has 2 fully saturated rings. The zero-order chi connectivity index (χ0) is 18.8. The summed E-state index contributed by atoms with van der Waals surface area (Å²) < 4.78 is 27.1. The first-order chi connectivity index (χ1) is 12.3. The first kappa shape index (κ1) is 19.1. The van der Waals surface area contributed by atoms with E-state index in [2.05, 4.69) is 5.32 Å². The Hall–Kier alpha value is -1.71. The Balaban J connectivity index is 1.84. The molecule has 1 aliphatic carbocycles. The van der Waals surface area contributed by atoms with E-state index in [-0.39, 0.29) is 22.8 Å². The molecule has 9 heteroatoms. The molecule has 0 radical (unpaired) electrons. The van der Waals surface area contributed by atoms with Gasteiger partial charge in [-0.3, -0.25) is 10.1 Å². The number of hydrogen-bond donors (Lipinski definition) is 2. The lowest BCUT2D eigenvalue weighted by molar-refractivity contribution is -0.384. The molecule has 2 N–H and O–H groups in total. The van der Waals surface area contributed by atoms with Crippen molar-refractivity contribution in [1.82, 2.24) is 4.31 Å². The fraction of sp³-hybridized carbons (Fsp3) is 0.647. The second-order valence-corrected chi connectivity index (χ2v) is 9.12. The first-order valence-corrected chi connectivity index (χ1v) is 10.5. The Kier molecular flexibility index (Phi) is 5.50. The molecule has 1 aromatic carbocycles. The van der Waals surface area contributed by atoms with Gasteiger partial charge < -0.3 is 10.4 Å². The average Bonchev–Trinajstić information content (AvgIpc) is 2.88. The van der Waals surface area contributed by atoms with Crippen molar-refractivity contribution in [3.05, 3.63) is 28.3 Å².